The van der Waals surface area contributed by atoms with Gasteiger partial charge in [0.05, 0.1) is 6.10 Å². The van der Waals surface area contributed by atoms with Crippen LogP contribution in [-0.4, -0.2) is 45.0 Å². The number of guanidine groups is 1. The van der Waals surface area contributed by atoms with Gasteiger partial charge in [-0.05, 0) is 25.7 Å². The van der Waals surface area contributed by atoms with Crippen LogP contribution in [-0.2, 0) is 9.47 Å². The number of nitrogens with two attached hydrogens (primary N) is 1. The van der Waals surface area contributed by atoms with Gasteiger partial charge in [-0.15, -0.1) is 24.0 Å². The Labute approximate surface area is 159 Å². The van der Waals surface area contributed by atoms with Crippen molar-refractivity contribution in [3.63, 3.8) is 0 Å². The number of rotatable bonds is 12. The first-order chi connectivity index (χ1) is 10.8. The molecule has 6 heteroatoms. The quantitative estimate of drug-likeness (QED) is 0.211. The van der Waals surface area contributed by atoms with Crippen molar-refractivity contribution in [3.8, 4) is 0 Å². The summed E-state index contributed by atoms with van der Waals surface area (Å²) in [5, 5.41) is 3.18. The SMILES string of the molecule is CCCCCCCCNC(N)=NCCCOC1CCOCC1.I. The molecule has 0 atom stereocenters. The maximum absolute atomic E-state index is 5.84. The predicted molar refractivity (Wildman–Crippen MR) is 108 cm³/mol. The van der Waals surface area contributed by atoms with Crippen LogP contribution in [0.2, 0.25) is 0 Å². The largest absolute Gasteiger partial charge is 0.381 e. The molecule has 23 heavy (non-hydrogen) atoms. The van der Waals surface area contributed by atoms with Crippen molar-refractivity contribution < 1.29 is 9.47 Å². The molecule has 0 aromatic heterocycles. The van der Waals surface area contributed by atoms with E-state index in [0.717, 1.165) is 52.2 Å². The fraction of sp³-hybridized carbons (Fsp3) is 0.941. The maximum Gasteiger partial charge on any atom is 0.188 e. The summed E-state index contributed by atoms with van der Waals surface area (Å²) in [6.07, 6.45) is 11.1. The van der Waals surface area contributed by atoms with E-state index in [1.807, 2.05) is 0 Å². The molecule has 1 aliphatic rings. The Morgan fingerprint density at radius 1 is 1.13 bits per heavy atom. The summed E-state index contributed by atoms with van der Waals surface area (Å²) in [5.41, 5.74) is 5.84. The van der Waals surface area contributed by atoms with Gasteiger partial charge in [0.1, 0.15) is 0 Å². The van der Waals surface area contributed by atoms with Crippen molar-refractivity contribution in [1.82, 2.24) is 5.32 Å². The van der Waals surface area contributed by atoms with Crippen molar-refractivity contribution in [3.05, 3.63) is 0 Å². The highest BCUT2D eigenvalue weighted by atomic mass is 127. The number of nitrogens with one attached hydrogen (secondary N) is 1. The Bertz CT molecular complexity index is 285. The molecule has 5 nitrogen and oxygen atoms in total. The molecule has 0 saturated carbocycles. The molecule has 0 unspecified atom stereocenters. The van der Waals surface area contributed by atoms with Gasteiger partial charge in [-0.1, -0.05) is 39.0 Å². The molecule has 0 amide bonds. The Kier molecular flexibility index (Phi) is 16.7. The molecule has 1 aliphatic heterocycles. The molecule has 0 aromatic rings. The van der Waals surface area contributed by atoms with Crippen LogP contribution >= 0.6 is 24.0 Å². The lowest BCUT2D eigenvalue weighted by atomic mass is 10.1. The van der Waals surface area contributed by atoms with Crippen molar-refractivity contribution in [2.24, 2.45) is 10.7 Å². The van der Waals surface area contributed by atoms with Gasteiger partial charge in [-0.2, -0.15) is 0 Å². The van der Waals surface area contributed by atoms with Crippen molar-refractivity contribution >= 4 is 29.9 Å². The topological polar surface area (TPSA) is 68.9 Å². The highest BCUT2D eigenvalue weighted by Crippen LogP contribution is 2.10. The molecule has 3 N–H and O–H groups in total. The molecular weight excluding hydrogens is 405 g/mol. The van der Waals surface area contributed by atoms with Gasteiger partial charge in [0.25, 0.3) is 0 Å². The standard InChI is InChI=1S/C17H35N3O2.HI/c1-2-3-4-5-6-7-11-19-17(18)20-12-8-13-22-16-9-14-21-15-10-16;/h16H,2-15H2,1H3,(H3,18,19,20);1H. The van der Waals surface area contributed by atoms with Crippen LogP contribution in [0.25, 0.3) is 0 Å². The van der Waals surface area contributed by atoms with Gasteiger partial charge in [-0.25, -0.2) is 0 Å². The second kappa shape index (κ2) is 16.8. The summed E-state index contributed by atoms with van der Waals surface area (Å²) in [6.45, 7) is 6.33. The third-order valence-corrected chi connectivity index (χ3v) is 3.94. The second-order valence-electron chi connectivity index (χ2n) is 6.00. The molecule has 138 valence electrons. The molecule has 0 aliphatic carbocycles. The highest BCUT2D eigenvalue weighted by molar-refractivity contribution is 14.0. The minimum atomic E-state index is 0. The minimum absolute atomic E-state index is 0. The van der Waals surface area contributed by atoms with Crippen LogP contribution in [0.4, 0.5) is 0 Å². The van der Waals surface area contributed by atoms with E-state index >= 15 is 0 Å². The number of hydrogen-bond acceptors (Lipinski definition) is 3. The third-order valence-electron chi connectivity index (χ3n) is 3.94. The summed E-state index contributed by atoms with van der Waals surface area (Å²) in [4.78, 5) is 4.33. The number of aliphatic imine (C=N–C) groups is 1. The van der Waals surface area contributed by atoms with E-state index in [-0.39, 0.29) is 24.0 Å². The maximum atomic E-state index is 5.84. The van der Waals surface area contributed by atoms with E-state index < -0.39 is 0 Å². The fourth-order valence-electron chi connectivity index (χ4n) is 2.53. The van der Waals surface area contributed by atoms with Gasteiger partial charge < -0.3 is 20.5 Å². The average molecular weight is 441 g/mol. The van der Waals surface area contributed by atoms with Gasteiger partial charge >= 0.3 is 0 Å². The Morgan fingerprint density at radius 3 is 2.57 bits per heavy atom. The smallest absolute Gasteiger partial charge is 0.188 e. The predicted octanol–water partition coefficient (Wildman–Crippen LogP) is 3.45. The summed E-state index contributed by atoms with van der Waals surface area (Å²) in [5.74, 6) is 0.569. The Hall–Kier alpha value is -0.0800. The zero-order valence-corrected chi connectivity index (χ0v) is 17.1. The first-order valence-corrected chi connectivity index (χ1v) is 9.06. The average Bonchev–Trinajstić information content (AvgIpc) is 2.54. The first-order valence-electron chi connectivity index (χ1n) is 9.06. The van der Waals surface area contributed by atoms with Crippen LogP contribution in [0.5, 0.6) is 0 Å². The minimum Gasteiger partial charge on any atom is -0.381 e. The van der Waals surface area contributed by atoms with Crippen LogP contribution in [0.3, 0.4) is 0 Å². The number of nitrogens with zero attached hydrogens (tertiary/aromatic N) is 1. The lowest BCUT2D eigenvalue weighted by Gasteiger charge is -2.22. The lowest BCUT2D eigenvalue weighted by molar-refractivity contribution is -0.0318. The molecule has 0 bridgehead atoms. The van der Waals surface area contributed by atoms with Crippen molar-refractivity contribution in [2.45, 2.75) is 70.8 Å². The Balaban J connectivity index is 0.00000484. The van der Waals surface area contributed by atoms with Gasteiger partial charge in [0, 0.05) is 32.9 Å². The Morgan fingerprint density at radius 2 is 1.83 bits per heavy atom. The highest BCUT2D eigenvalue weighted by Gasteiger charge is 2.13. The second-order valence-corrected chi connectivity index (χ2v) is 6.00. The lowest BCUT2D eigenvalue weighted by Crippen LogP contribution is -2.32. The summed E-state index contributed by atoms with van der Waals surface area (Å²) < 4.78 is 11.1. The number of hydrogen-bond donors (Lipinski definition) is 2. The zero-order chi connectivity index (χ0) is 15.9. The van der Waals surface area contributed by atoms with Gasteiger partial charge in [-0.3, -0.25) is 4.99 Å². The van der Waals surface area contributed by atoms with Gasteiger partial charge in [0.15, 0.2) is 5.96 Å². The number of ether oxygens (including phenoxy) is 2. The van der Waals surface area contributed by atoms with E-state index in [2.05, 4.69) is 17.2 Å². The van der Waals surface area contributed by atoms with Crippen LogP contribution < -0.4 is 11.1 Å². The molecule has 0 radical (unpaired) electrons. The normalized spacial score (nSPS) is 16.1. The zero-order valence-electron chi connectivity index (χ0n) is 14.7. The van der Waals surface area contributed by atoms with E-state index in [0.29, 0.717) is 12.1 Å². The first kappa shape index (κ1) is 22.9. The van der Waals surface area contributed by atoms with Gasteiger partial charge in [0.2, 0.25) is 0 Å². The molecule has 0 aromatic carbocycles. The summed E-state index contributed by atoms with van der Waals surface area (Å²) in [6, 6.07) is 0. The van der Waals surface area contributed by atoms with Crippen molar-refractivity contribution in [1.29, 1.82) is 0 Å². The van der Waals surface area contributed by atoms with E-state index in [1.165, 1.54) is 38.5 Å². The number of unbranched alkanes of at least 4 members (excludes halogenated alkanes) is 5. The molecule has 0 spiro atoms. The number of halogens is 1. The summed E-state index contributed by atoms with van der Waals surface area (Å²) >= 11 is 0. The fourth-order valence-corrected chi connectivity index (χ4v) is 2.53. The molecular formula is C17H36IN3O2. The third kappa shape index (κ3) is 14.0. The molecule has 1 rings (SSSR count). The van der Waals surface area contributed by atoms with Crippen molar-refractivity contribution in [2.75, 3.05) is 32.9 Å². The van der Waals surface area contributed by atoms with E-state index in [9.17, 15) is 0 Å². The van der Waals surface area contributed by atoms with Crippen LogP contribution in [0.1, 0.15) is 64.7 Å². The monoisotopic (exact) mass is 441 g/mol. The summed E-state index contributed by atoms with van der Waals surface area (Å²) in [7, 11) is 0. The van der Waals surface area contributed by atoms with E-state index in [1.54, 1.807) is 0 Å². The van der Waals surface area contributed by atoms with Crippen LogP contribution in [0, 0.1) is 0 Å². The molecule has 1 heterocycles. The molecule has 1 saturated heterocycles. The van der Waals surface area contributed by atoms with Crippen LogP contribution in [0.15, 0.2) is 4.99 Å². The van der Waals surface area contributed by atoms with E-state index in [4.69, 9.17) is 15.2 Å². The molecule has 1 fully saturated rings.